The Balaban J connectivity index is 1.52. The first kappa shape index (κ1) is 26.0. The largest absolute Gasteiger partial charge is 0.396 e. The zero-order valence-electron chi connectivity index (χ0n) is 17.5. The third-order valence-corrected chi connectivity index (χ3v) is 7.34. The van der Waals surface area contributed by atoms with Crippen LogP contribution >= 0.6 is 58.0 Å². The molecular formula is C24H15Cl5F2N2O2. The molecule has 3 N–H and O–H groups in total. The molecule has 0 radical (unpaired) electrons. The highest BCUT2D eigenvalue weighted by Crippen LogP contribution is 2.65. The van der Waals surface area contributed by atoms with Gasteiger partial charge in [-0.25, -0.2) is 8.78 Å². The molecule has 11 heteroatoms. The summed E-state index contributed by atoms with van der Waals surface area (Å²) in [4.78, 5) is 25.8. The molecule has 1 aliphatic carbocycles. The van der Waals surface area contributed by atoms with E-state index in [-0.39, 0.29) is 27.5 Å². The van der Waals surface area contributed by atoms with Gasteiger partial charge in [0.1, 0.15) is 16.0 Å². The first-order valence-corrected chi connectivity index (χ1v) is 12.0. The van der Waals surface area contributed by atoms with E-state index in [4.69, 9.17) is 63.7 Å². The maximum atomic E-state index is 14.1. The topological polar surface area (TPSA) is 72.2 Å². The van der Waals surface area contributed by atoms with E-state index >= 15 is 0 Å². The second-order valence-corrected chi connectivity index (χ2v) is 10.8. The Kier molecular flexibility index (Phi) is 7.24. The summed E-state index contributed by atoms with van der Waals surface area (Å²) >= 11 is 31.0. The Morgan fingerprint density at radius 2 is 1.60 bits per heavy atom. The van der Waals surface area contributed by atoms with Crippen LogP contribution in [0.5, 0.6) is 0 Å². The molecule has 0 aliphatic heterocycles. The molecule has 0 unspecified atom stereocenters. The van der Waals surface area contributed by atoms with E-state index in [0.29, 0.717) is 21.7 Å². The van der Waals surface area contributed by atoms with Crippen molar-refractivity contribution in [3.05, 3.63) is 91.9 Å². The van der Waals surface area contributed by atoms with Crippen LogP contribution < -0.4 is 11.1 Å². The number of nitrogens with one attached hydrogen (secondary N) is 1. The van der Waals surface area contributed by atoms with Crippen LogP contribution in [0.4, 0.5) is 20.2 Å². The van der Waals surface area contributed by atoms with E-state index in [1.165, 1.54) is 18.2 Å². The van der Waals surface area contributed by atoms with Gasteiger partial charge >= 0.3 is 0 Å². The molecule has 1 fully saturated rings. The maximum absolute atomic E-state index is 14.1. The van der Waals surface area contributed by atoms with Gasteiger partial charge in [0.15, 0.2) is 5.78 Å². The van der Waals surface area contributed by atoms with E-state index in [9.17, 15) is 18.4 Å². The number of hydrogen-bond acceptors (Lipinski definition) is 3. The number of alkyl halides is 2. The number of carbonyl (C=O) groups excluding carboxylic acids is 2. The lowest BCUT2D eigenvalue weighted by Gasteiger charge is -2.10. The summed E-state index contributed by atoms with van der Waals surface area (Å²) in [6.45, 7) is 0. The maximum Gasteiger partial charge on any atom is 0.231 e. The minimum atomic E-state index is -1.39. The lowest BCUT2D eigenvalue weighted by Crippen LogP contribution is -2.17. The number of anilines is 2. The van der Waals surface area contributed by atoms with Crippen LogP contribution in [0.15, 0.2) is 48.5 Å². The fraction of sp³-hybridized carbons (Fsp3) is 0.167. The molecule has 3 aromatic rings. The first-order chi connectivity index (χ1) is 16.4. The van der Waals surface area contributed by atoms with Crippen molar-refractivity contribution in [2.45, 2.75) is 16.7 Å². The minimum absolute atomic E-state index is 0.0312. The van der Waals surface area contributed by atoms with Gasteiger partial charge in [0.25, 0.3) is 0 Å². The molecule has 4 rings (SSSR count). The summed E-state index contributed by atoms with van der Waals surface area (Å²) in [5.41, 5.74) is 6.00. The summed E-state index contributed by atoms with van der Waals surface area (Å²) in [6.07, 6.45) is -0.417. The van der Waals surface area contributed by atoms with Crippen molar-refractivity contribution < 1.29 is 18.4 Å². The van der Waals surface area contributed by atoms with E-state index in [2.05, 4.69) is 5.32 Å². The van der Waals surface area contributed by atoms with Crippen molar-refractivity contribution in [1.29, 1.82) is 0 Å². The highest BCUT2D eigenvalue weighted by molar-refractivity contribution is 6.53. The molecule has 0 heterocycles. The lowest BCUT2D eigenvalue weighted by atomic mass is 10.0. The highest BCUT2D eigenvalue weighted by atomic mass is 35.5. The quantitative estimate of drug-likeness (QED) is 0.181. The molecule has 35 heavy (non-hydrogen) atoms. The first-order valence-electron chi connectivity index (χ1n) is 10.1. The van der Waals surface area contributed by atoms with Gasteiger partial charge < -0.3 is 11.1 Å². The van der Waals surface area contributed by atoms with Crippen LogP contribution in [-0.2, 0) is 11.2 Å². The molecule has 4 nitrogen and oxygen atoms in total. The van der Waals surface area contributed by atoms with Crippen LogP contribution in [0.25, 0.3) is 0 Å². The Morgan fingerprint density at radius 1 is 0.943 bits per heavy atom. The number of amides is 1. The van der Waals surface area contributed by atoms with Crippen molar-refractivity contribution in [3.63, 3.8) is 0 Å². The number of benzene rings is 3. The predicted molar refractivity (Wildman–Crippen MR) is 136 cm³/mol. The number of nitrogens with two attached hydrogens (primary N) is 1. The zero-order valence-corrected chi connectivity index (χ0v) is 21.3. The van der Waals surface area contributed by atoms with Crippen molar-refractivity contribution in [2.75, 3.05) is 11.1 Å². The number of ketones is 1. The average molecular weight is 579 g/mol. The number of nitrogen functional groups attached to an aromatic ring is 1. The number of Topliss-reactive ketones (excluding diaryl/α,β-unsaturated/α-hetero) is 1. The fourth-order valence-corrected chi connectivity index (χ4v) is 5.47. The molecule has 0 bridgehead atoms. The van der Waals surface area contributed by atoms with Gasteiger partial charge in [-0.05, 0) is 53.6 Å². The molecule has 0 spiro atoms. The van der Waals surface area contributed by atoms with Crippen molar-refractivity contribution in [1.82, 2.24) is 0 Å². The lowest BCUT2D eigenvalue weighted by molar-refractivity contribution is -0.117. The summed E-state index contributed by atoms with van der Waals surface area (Å²) in [7, 11) is 0. The van der Waals surface area contributed by atoms with Crippen LogP contribution in [-0.4, -0.2) is 16.0 Å². The SMILES string of the molecule is Nc1cc(CC(=O)c2cc(NC(=O)[C@H]3[C@H](c4cc(Cl)cc(Cl)c4)C3(Cl)Cl)ccc2Cl)c(F)cc1F. The molecule has 1 saturated carbocycles. The van der Waals surface area contributed by atoms with Crippen LogP contribution in [0.2, 0.25) is 15.1 Å². The van der Waals surface area contributed by atoms with Crippen molar-refractivity contribution in [3.8, 4) is 0 Å². The predicted octanol–water partition coefficient (Wildman–Crippen LogP) is 7.46. The number of halogens is 7. The monoisotopic (exact) mass is 576 g/mol. The van der Waals surface area contributed by atoms with Gasteiger partial charge in [-0.3, -0.25) is 9.59 Å². The highest BCUT2D eigenvalue weighted by Gasteiger charge is 2.67. The fourth-order valence-electron chi connectivity index (χ4n) is 3.88. The Bertz CT molecular complexity index is 1350. The molecule has 182 valence electrons. The van der Waals surface area contributed by atoms with Crippen molar-refractivity contribution in [2.24, 2.45) is 5.92 Å². The normalized spacial score (nSPS) is 18.3. The van der Waals surface area contributed by atoms with Gasteiger partial charge in [-0.2, -0.15) is 0 Å². The smallest absolute Gasteiger partial charge is 0.231 e. The van der Waals surface area contributed by atoms with Crippen LogP contribution in [0, 0.1) is 17.6 Å². The summed E-state index contributed by atoms with van der Waals surface area (Å²) in [5.74, 6) is -4.25. The molecule has 0 aromatic heterocycles. The standard InChI is InChI=1S/C24H15Cl5F2N2O2/c25-12-3-11(4-13(26)7-12)21-22(24(21,28)29)23(35)33-14-1-2-16(27)15(8-14)20(34)6-10-5-19(32)18(31)9-17(10)30/h1-5,7-9,21-22H,6,32H2,(H,33,35)/t21-,22+/m0/s1. The molecule has 0 saturated heterocycles. The molecule has 1 amide bonds. The molecule has 1 aliphatic rings. The second kappa shape index (κ2) is 9.75. The summed E-state index contributed by atoms with van der Waals surface area (Å²) in [6, 6.07) is 10.7. The van der Waals surface area contributed by atoms with E-state index < -0.39 is 45.9 Å². The Labute approximate surface area is 224 Å². The van der Waals surface area contributed by atoms with E-state index in [0.717, 1.165) is 6.07 Å². The van der Waals surface area contributed by atoms with Crippen molar-refractivity contribution >= 4 is 81.1 Å². The minimum Gasteiger partial charge on any atom is -0.396 e. The van der Waals surface area contributed by atoms with Crippen LogP contribution in [0.1, 0.15) is 27.4 Å². The number of hydrogen-bond donors (Lipinski definition) is 2. The number of rotatable bonds is 6. The van der Waals surface area contributed by atoms with Gasteiger partial charge in [0, 0.05) is 39.7 Å². The number of carbonyl (C=O) groups is 2. The summed E-state index contributed by atoms with van der Waals surface area (Å²) < 4.78 is 26.1. The van der Waals surface area contributed by atoms with Crippen LogP contribution in [0.3, 0.4) is 0 Å². The third kappa shape index (κ3) is 5.37. The Hall–Kier alpha value is -2.09. The van der Waals surface area contributed by atoms with Gasteiger partial charge in [0.2, 0.25) is 5.91 Å². The molecule has 2 atom stereocenters. The molecular weight excluding hydrogens is 564 g/mol. The van der Waals surface area contributed by atoms with Gasteiger partial charge in [0.05, 0.1) is 16.6 Å². The van der Waals surface area contributed by atoms with E-state index in [1.54, 1.807) is 18.2 Å². The zero-order chi connectivity index (χ0) is 25.7. The molecule has 3 aromatic carbocycles. The summed E-state index contributed by atoms with van der Waals surface area (Å²) in [5, 5.41) is 3.52. The van der Waals surface area contributed by atoms with Gasteiger partial charge in [-0.1, -0.05) is 34.8 Å². The van der Waals surface area contributed by atoms with E-state index in [1.807, 2.05) is 0 Å². The third-order valence-electron chi connectivity index (χ3n) is 5.63. The second-order valence-electron chi connectivity index (χ2n) is 8.08. The Morgan fingerprint density at radius 3 is 2.26 bits per heavy atom. The van der Waals surface area contributed by atoms with Gasteiger partial charge in [-0.15, -0.1) is 23.2 Å². The average Bonchev–Trinajstić information content (AvgIpc) is 3.34.